The van der Waals surface area contributed by atoms with E-state index in [1.807, 2.05) is 0 Å². The SMILES string of the molecule is FC(F)(F)Oc1cc(Br)cc([C@H]2CCN2)c1. The van der Waals surface area contributed by atoms with Crippen LogP contribution in [0.1, 0.15) is 18.0 Å². The highest BCUT2D eigenvalue weighted by atomic mass is 79.9. The Bertz CT molecular complexity index is 390. The molecule has 1 aliphatic rings. The first-order valence-corrected chi connectivity index (χ1v) is 5.53. The van der Waals surface area contributed by atoms with Crippen molar-refractivity contribution < 1.29 is 17.9 Å². The van der Waals surface area contributed by atoms with Crippen molar-refractivity contribution in [3.8, 4) is 5.75 Å². The van der Waals surface area contributed by atoms with Gasteiger partial charge < -0.3 is 10.1 Å². The summed E-state index contributed by atoms with van der Waals surface area (Å²) in [6.07, 6.45) is -3.72. The van der Waals surface area contributed by atoms with Gasteiger partial charge in [0.05, 0.1) is 0 Å². The average molecular weight is 296 g/mol. The summed E-state index contributed by atoms with van der Waals surface area (Å²) in [6, 6.07) is 4.64. The minimum Gasteiger partial charge on any atom is -0.406 e. The highest BCUT2D eigenvalue weighted by molar-refractivity contribution is 9.10. The fourth-order valence-corrected chi connectivity index (χ4v) is 2.04. The van der Waals surface area contributed by atoms with Gasteiger partial charge in [0.25, 0.3) is 0 Å². The summed E-state index contributed by atoms with van der Waals surface area (Å²) >= 11 is 3.17. The van der Waals surface area contributed by atoms with Crippen molar-refractivity contribution in [1.82, 2.24) is 5.32 Å². The molecule has 1 aliphatic heterocycles. The Balaban J connectivity index is 2.21. The molecule has 1 aromatic rings. The molecule has 0 aliphatic carbocycles. The van der Waals surface area contributed by atoms with Gasteiger partial charge in [0.15, 0.2) is 0 Å². The Morgan fingerprint density at radius 3 is 2.50 bits per heavy atom. The van der Waals surface area contributed by atoms with Gasteiger partial charge in [0, 0.05) is 10.5 Å². The topological polar surface area (TPSA) is 21.3 Å². The van der Waals surface area contributed by atoms with Crippen LogP contribution in [-0.4, -0.2) is 12.9 Å². The van der Waals surface area contributed by atoms with Crippen LogP contribution in [0.2, 0.25) is 0 Å². The number of ether oxygens (including phenoxy) is 1. The lowest BCUT2D eigenvalue weighted by Crippen LogP contribution is -2.34. The van der Waals surface area contributed by atoms with Gasteiger partial charge in [0.2, 0.25) is 0 Å². The molecule has 88 valence electrons. The van der Waals surface area contributed by atoms with Crippen LogP contribution < -0.4 is 10.1 Å². The first-order chi connectivity index (χ1) is 7.44. The molecule has 0 amide bonds. The van der Waals surface area contributed by atoms with E-state index in [1.54, 1.807) is 6.07 Å². The molecule has 6 heteroatoms. The Morgan fingerprint density at radius 1 is 1.31 bits per heavy atom. The summed E-state index contributed by atoms with van der Waals surface area (Å²) in [5, 5.41) is 3.12. The summed E-state index contributed by atoms with van der Waals surface area (Å²) in [7, 11) is 0. The van der Waals surface area contributed by atoms with E-state index in [2.05, 4.69) is 26.0 Å². The Kier molecular flexibility index (Phi) is 3.12. The number of hydrogen-bond donors (Lipinski definition) is 1. The predicted octanol–water partition coefficient (Wildman–Crippen LogP) is 3.38. The third-order valence-electron chi connectivity index (χ3n) is 2.35. The fourth-order valence-electron chi connectivity index (χ4n) is 1.55. The minimum absolute atomic E-state index is 0.132. The van der Waals surface area contributed by atoms with Crippen LogP contribution in [0, 0.1) is 0 Å². The maximum atomic E-state index is 12.0. The summed E-state index contributed by atoms with van der Waals surface area (Å²) in [4.78, 5) is 0. The smallest absolute Gasteiger partial charge is 0.406 e. The molecule has 1 N–H and O–H groups in total. The first-order valence-electron chi connectivity index (χ1n) is 4.74. The lowest BCUT2D eigenvalue weighted by molar-refractivity contribution is -0.274. The van der Waals surface area contributed by atoms with Gasteiger partial charge in [0.1, 0.15) is 5.75 Å². The third-order valence-corrected chi connectivity index (χ3v) is 2.81. The van der Waals surface area contributed by atoms with Crippen molar-refractivity contribution in [1.29, 1.82) is 0 Å². The molecule has 2 nitrogen and oxygen atoms in total. The van der Waals surface area contributed by atoms with E-state index in [0.717, 1.165) is 18.5 Å². The normalized spacial score (nSPS) is 20.4. The molecule has 0 spiro atoms. The highest BCUT2D eigenvalue weighted by Gasteiger charge is 2.31. The predicted molar refractivity (Wildman–Crippen MR) is 56.2 cm³/mol. The van der Waals surface area contributed by atoms with E-state index < -0.39 is 6.36 Å². The van der Waals surface area contributed by atoms with Crippen LogP contribution in [0.15, 0.2) is 22.7 Å². The largest absolute Gasteiger partial charge is 0.573 e. The summed E-state index contributed by atoms with van der Waals surface area (Å²) in [5.74, 6) is -0.189. The van der Waals surface area contributed by atoms with E-state index in [-0.39, 0.29) is 11.8 Å². The summed E-state index contributed by atoms with van der Waals surface area (Å²) < 4.78 is 40.6. The quantitative estimate of drug-likeness (QED) is 0.903. The molecular weight excluding hydrogens is 287 g/mol. The van der Waals surface area contributed by atoms with E-state index in [1.165, 1.54) is 12.1 Å². The van der Waals surface area contributed by atoms with Gasteiger partial charge in [-0.2, -0.15) is 0 Å². The number of benzene rings is 1. The van der Waals surface area contributed by atoms with Gasteiger partial charge >= 0.3 is 6.36 Å². The number of hydrogen-bond acceptors (Lipinski definition) is 2. The molecule has 0 bridgehead atoms. The van der Waals surface area contributed by atoms with Gasteiger partial charge in [-0.25, -0.2) is 0 Å². The molecule has 1 atom stereocenters. The van der Waals surface area contributed by atoms with Crippen molar-refractivity contribution in [3.05, 3.63) is 28.2 Å². The van der Waals surface area contributed by atoms with Crippen LogP contribution in [0.5, 0.6) is 5.75 Å². The molecular formula is C10H9BrF3NO. The molecule has 0 radical (unpaired) electrons. The minimum atomic E-state index is -4.65. The zero-order valence-corrected chi connectivity index (χ0v) is 9.73. The van der Waals surface area contributed by atoms with Crippen molar-refractivity contribution in [2.24, 2.45) is 0 Å². The van der Waals surface area contributed by atoms with Crippen molar-refractivity contribution in [3.63, 3.8) is 0 Å². The molecule has 0 aromatic heterocycles. The standard InChI is InChI=1S/C10H9BrF3NO/c11-7-3-6(9-1-2-15-9)4-8(5-7)16-10(12,13)14/h3-5,9,15H,1-2H2/t9-/m1/s1. The van der Waals surface area contributed by atoms with Gasteiger partial charge in [-0.15, -0.1) is 13.2 Å². The highest BCUT2D eigenvalue weighted by Crippen LogP contribution is 2.32. The van der Waals surface area contributed by atoms with Crippen LogP contribution in [0.3, 0.4) is 0 Å². The number of alkyl halides is 3. The second-order valence-electron chi connectivity index (χ2n) is 3.56. The second kappa shape index (κ2) is 4.25. The van der Waals surface area contributed by atoms with E-state index in [9.17, 15) is 13.2 Å². The van der Waals surface area contributed by atoms with Crippen molar-refractivity contribution >= 4 is 15.9 Å². The maximum absolute atomic E-state index is 12.0. The molecule has 1 saturated heterocycles. The van der Waals surface area contributed by atoms with Gasteiger partial charge in [-0.1, -0.05) is 15.9 Å². The monoisotopic (exact) mass is 295 g/mol. The Labute approximate surface area is 98.9 Å². The Hall–Kier alpha value is -0.750. The summed E-state index contributed by atoms with van der Waals surface area (Å²) in [6.45, 7) is 0.895. The van der Waals surface area contributed by atoms with E-state index >= 15 is 0 Å². The average Bonchev–Trinajstić information content (AvgIpc) is 1.94. The second-order valence-corrected chi connectivity index (χ2v) is 4.48. The maximum Gasteiger partial charge on any atom is 0.573 e. The summed E-state index contributed by atoms with van der Waals surface area (Å²) in [5.41, 5.74) is 0.805. The van der Waals surface area contributed by atoms with Crippen LogP contribution in [-0.2, 0) is 0 Å². The number of halogens is 4. The molecule has 2 rings (SSSR count). The van der Waals surface area contributed by atoms with Crippen molar-refractivity contribution in [2.75, 3.05) is 6.54 Å². The molecule has 1 heterocycles. The Morgan fingerprint density at radius 2 is 2.00 bits per heavy atom. The number of nitrogens with one attached hydrogen (secondary N) is 1. The van der Waals surface area contributed by atoms with Gasteiger partial charge in [-0.3, -0.25) is 0 Å². The molecule has 1 aromatic carbocycles. The van der Waals surface area contributed by atoms with Crippen LogP contribution in [0.25, 0.3) is 0 Å². The lowest BCUT2D eigenvalue weighted by Gasteiger charge is -2.28. The zero-order valence-electron chi connectivity index (χ0n) is 8.14. The number of rotatable bonds is 2. The zero-order chi connectivity index (χ0) is 11.8. The lowest BCUT2D eigenvalue weighted by atomic mass is 9.98. The molecule has 0 unspecified atom stereocenters. The molecule has 16 heavy (non-hydrogen) atoms. The first kappa shape index (κ1) is 11.7. The van der Waals surface area contributed by atoms with Crippen LogP contribution >= 0.6 is 15.9 Å². The third kappa shape index (κ3) is 2.89. The van der Waals surface area contributed by atoms with E-state index in [0.29, 0.717) is 4.47 Å². The fraction of sp³-hybridized carbons (Fsp3) is 0.400. The van der Waals surface area contributed by atoms with Crippen LogP contribution in [0.4, 0.5) is 13.2 Å². The van der Waals surface area contributed by atoms with Gasteiger partial charge in [-0.05, 0) is 36.7 Å². The molecule has 0 saturated carbocycles. The van der Waals surface area contributed by atoms with E-state index in [4.69, 9.17) is 0 Å². The van der Waals surface area contributed by atoms with Crippen molar-refractivity contribution in [2.45, 2.75) is 18.8 Å². The molecule has 1 fully saturated rings.